The van der Waals surface area contributed by atoms with Gasteiger partial charge in [0.25, 0.3) is 0 Å². The number of guanidine groups is 1. The second kappa shape index (κ2) is 15.0. The molecule has 3 heterocycles. The van der Waals surface area contributed by atoms with E-state index < -0.39 is 18.0 Å². The highest BCUT2D eigenvalue weighted by Crippen LogP contribution is 2.25. The lowest BCUT2D eigenvalue weighted by Gasteiger charge is -2.40. The number of hydrogen-bond donors (Lipinski definition) is 3. The molecule has 2 aromatic carbocycles. The zero-order chi connectivity index (χ0) is 32.6. The molecule has 2 unspecified atom stereocenters. The molecule has 0 spiro atoms. The number of Topliss-reactive ketones (excluding diaryl/α,β-unsaturated/α-hetero) is 1. The number of carbonyl (C=O) groups excluding carboxylic acids is 4. The number of aromatic nitrogens is 1. The molecule has 0 saturated carbocycles. The third-order valence-electron chi connectivity index (χ3n) is 8.56. The van der Waals surface area contributed by atoms with Gasteiger partial charge >= 0.3 is 0 Å². The Kier molecular flexibility index (Phi) is 10.6. The number of thiazole rings is 1. The summed E-state index contributed by atoms with van der Waals surface area (Å²) in [5, 5.41) is 12.6. The van der Waals surface area contributed by atoms with E-state index in [1.807, 2.05) is 42.5 Å². The first kappa shape index (κ1) is 32.6. The van der Waals surface area contributed by atoms with Gasteiger partial charge in [0, 0.05) is 37.6 Å². The fourth-order valence-corrected chi connectivity index (χ4v) is 6.66. The number of rotatable bonds is 12. The number of amides is 3. The minimum absolute atomic E-state index is 0.0226. The fourth-order valence-electron chi connectivity index (χ4n) is 6.03. The third kappa shape index (κ3) is 8.08. The third-order valence-corrected chi connectivity index (χ3v) is 9.34. The van der Waals surface area contributed by atoms with Gasteiger partial charge in [0.2, 0.25) is 23.5 Å². The molecule has 2 saturated heterocycles. The van der Waals surface area contributed by atoms with Crippen LogP contribution in [0.3, 0.4) is 0 Å². The van der Waals surface area contributed by atoms with Gasteiger partial charge in [-0.1, -0.05) is 42.5 Å². The molecule has 2 fully saturated rings. The van der Waals surface area contributed by atoms with E-state index in [9.17, 15) is 19.2 Å². The summed E-state index contributed by atoms with van der Waals surface area (Å²) in [4.78, 5) is 63.4. The van der Waals surface area contributed by atoms with Gasteiger partial charge in [0.15, 0.2) is 11.0 Å². The van der Waals surface area contributed by atoms with Crippen LogP contribution in [-0.4, -0.2) is 94.5 Å². The summed E-state index contributed by atoms with van der Waals surface area (Å²) in [6, 6.07) is 15.0. The fraction of sp³-hybridized carbons (Fsp3) is 0.394. The van der Waals surface area contributed by atoms with Gasteiger partial charge in [0.1, 0.15) is 24.9 Å². The monoisotopic (exact) mass is 645 g/mol. The van der Waals surface area contributed by atoms with E-state index in [1.54, 1.807) is 35.7 Å². The standard InChI is InChI=1S/C33H39N7O5S/c1-45-25-9-7-22(8-10-25)18-27-32(44)39(19-24-5-3-2-4-6-24)21-29(42)40(27)20-28(41)37-26(30(43)31-36-13-16-46-31)17-23-11-14-38(15-12-23)33(34)35/h2-10,13,16,23,26-27H,11-12,14-15,17-21H2,1H3,(H3,34,35)(H,37,41). The van der Waals surface area contributed by atoms with Crippen LogP contribution in [0.25, 0.3) is 0 Å². The number of benzene rings is 2. The first-order chi connectivity index (χ1) is 22.2. The molecule has 5 rings (SSSR count). The molecule has 0 radical (unpaired) electrons. The number of methoxy groups -OCH3 is 1. The quantitative estimate of drug-likeness (QED) is 0.154. The predicted molar refractivity (Wildman–Crippen MR) is 173 cm³/mol. The molecule has 2 aliphatic rings. The Morgan fingerprint density at radius 3 is 2.43 bits per heavy atom. The Balaban J connectivity index is 1.33. The van der Waals surface area contributed by atoms with Gasteiger partial charge in [0.05, 0.1) is 13.2 Å². The van der Waals surface area contributed by atoms with E-state index in [2.05, 4.69) is 10.3 Å². The Morgan fingerprint density at radius 2 is 1.80 bits per heavy atom. The molecule has 12 nitrogen and oxygen atoms in total. The minimum Gasteiger partial charge on any atom is -0.497 e. The van der Waals surface area contributed by atoms with Crippen molar-refractivity contribution in [2.24, 2.45) is 11.7 Å². The van der Waals surface area contributed by atoms with Crippen molar-refractivity contribution >= 4 is 40.8 Å². The number of nitrogens with two attached hydrogens (primary N) is 1. The molecule has 0 bridgehead atoms. The van der Waals surface area contributed by atoms with Crippen molar-refractivity contribution in [2.45, 2.75) is 44.3 Å². The molecule has 4 N–H and O–H groups in total. The number of hydrogen-bond acceptors (Lipinski definition) is 8. The average molecular weight is 646 g/mol. The number of nitrogens with zero attached hydrogens (tertiary/aromatic N) is 4. The zero-order valence-corrected chi connectivity index (χ0v) is 26.6. The lowest BCUT2D eigenvalue weighted by atomic mass is 9.89. The number of likely N-dealkylation sites (tertiary alicyclic amines) is 1. The number of nitrogens with one attached hydrogen (secondary N) is 2. The van der Waals surface area contributed by atoms with Gasteiger partial charge in [-0.15, -0.1) is 11.3 Å². The van der Waals surface area contributed by atoms with E-state index in [0.29, 0.717) is 30.3 Å². The Bertz CT molecular complexity index is 1530. The molecule has 0 aliphatic carbocycles. The molecular weight excluding hydrogens is 606 g/mol. The van der Waals surface area contributed by atoms with Crippen LogP contribution in [0, 0.1) is 11.3 Å². The lowest BCUT2D eigenvalue weighted by molar-refractivity contribution is -0.157. The lowest BCUT2D eigenvalue weighted by Crippen LogP contribution is -2.62. The maximum absolute atomic E-state index is 13.9. The van der Waals surface area contributed by atoms with Crippen molar-refractivity contribution in [3.05, 3.63) is 82.3 Å². The van der Waals surface area contributed by atoms with Crippen LogP contribution < -0.4 is 15.8 Å². The highest BCUT2D eigenvalue weighted by atomic mass is 32.1. The second-order valence-electron chi connectivity index (χ2n) is 11.6. The summed E-state index contributed by atoms with van der Waals surface area (Å²) < 4.78 is 5.27. The Morgan fingerprint density at radius 1 is 1.09 bits per heavy atom. The average Bonchev–Trinajstić information content (AvgIpc) is 3.61. The molecule has 13 heteroatoms. The summed E-state index contributed by atoms with van der Waals surface area (Å²) >= 11 is 1.21. The van der Waals surface area contributed by atoms with Crippen LogP contribution >= 0.6 is 11.3 Å². The first-order valence-electron chi connectivity index (χ1n) is 15.3. The van der Waals surface area contributed by atoms with Crippen LogP contribution in [0.15, 0.2) is 66.2 Å². The molecule has 242 valence electrons. The summed E-state index contributed by atoms with van der Waals surface area (Å²) in [6.45, 7) is 0.953. The smallest absolute Gasteiger partial charge is 0.246 e. The van der Waals surface area contributed by atoms with Gasteiger partial charge in [-0.3, -0.25) is 24.6 Å². The first-order valence-corrected chi connectivity index (χ1v) is 16.2. The molecular formula is C33H39N7O5S. The molecule has 2 aliphatic heterocycles. The SMILES string of the molecule is COc1ccc(CC2C(=O)N(Cc3ccccc3)CC(=O)N2CC(=O)NC(CC2CCN(C(=N)N)CC2)C(=O)c2nccs2)cc1. The highest BCUT2D eigenvalue weighted by Gasteiger charge is 2.41. The zero-order valence-electron chi connectivity index (χ0n) is 25.8. The van der Waals surface area contributed by atoms with Gasteiger partial charge in [-0.25, -0.2) is 4.98 Å². The van der Waals surface area contributed by atoms with Gasteiger partial charge in [-0.05, 0) is 48.4 Å². The molecule has 3 amide bonds. The van der Waals surface area contributed by atoms with Crippen molar-refractivity contribution in [1.29, 1.82) is 5.41 Å². The minimum atomic E-state index is -0.909. The number of ether oxygens (including phenoxy) is 1. The van der Waals surface area contributed by atoms with Crippen molar-refractivity contribution in [3.8, 4) is 5.75 Å². The summed E-state index contributed by atoms with van der Waals surface area (Å²) in [7, 11) is 1.57. The van der Waals surface area contributed by atoms with Crippen LogP contribution in [0.4, 0.5) is 0 Å². The van der Waals surface area contributed by atoms with Crippen LogP contribution in [0.2, 0.25) is 0 Å². The van der Waals surface area contributed by atoms with E-state index in [4.69, 9.17) is 15.9 Å². The van der Waals surface area contributed by atoms with E-state index in [-0.39, 0.29) is 55.5 Å². The van der Waals surface area contributed by atoms with Crippen LogP contribution in [0.5, 0.6) is 5.75 Å². The van der Waals surface area contributed by atoms with Gasteiger partial charge < -0.3 is 30.5 Å². The molecule has 2 atom stereocenters. The number of piperidine rings is 1. The Labute approximate surface area is 272 Å². The van der Waals surface area contributed by atoms with Gasteiger partial charge in [-0.2, -0.15) is 0 Å². The summed E-state index contributed by atoms with van der Waals surface area (Å²) in [5.74, 6) is -0.592. The summed E-state index contributed by atoms with van der Waals surface area (Å²) in [5.41, 5.74) is 7.36. The predicted octanol–water partition coefficient (Wildman–Crippen LogP) is 2.30. The van der Waals surface area contributed by atoms with Crippen LogP contribution in [0.1, 0.15) is 40.2 Å². The second-order valence-corrected chi connectivity index (χ2v) is 12.5. The maximum atomic E-state index is 13.9. The van der Waals surface area contributed by atoms with Crippen LogP contribution in [-0.2, 0) is 27.3 Å². The van der Waals surface area contributed by atoms with Crippen molar-refractivity contribution < 1.29 is 23.9 Å². The van der Waals surface area contributed by atoms with Crippen molar-refractivity contribution in [1.82, 2.24) is 25.0 Å². The number of ketones is 1. The largest absolute Gasteiger partial charge is 0.497 e. The molecule has 46 heavy (non-hydrogen) atoms. The normalized spacial score (nSPS) is 17.9. The van der Waals surface area contributed by atoms with Crippen molar-refractivity contribution in [3.63, 3.8) is 0 Å². The van der Waals surface area contributed by atoms with E-state index >= 15 is 0 Å². The topological polar surface area (TPSA) is 162 Å². The highest BCUT2D eigenvalue weighted by molar-refractivity contribution is 7.11. The van der Waals surface area contributed by atoms with Crippen molar-refractivity contribution in [2.75, 3.05) is 33.3 Å². The molecule has 3 aromatic rings. The summed E-state index contributed by atoms with van der Waals surface area (Å²) in [6.07, 6.45) is 3.59. The van der Waals surface area contributed by atoms with E-state index in [0.717, 1.165) is 24.0 Å². The number of piperazine rings is 1. The Hall–Kier alpha value is -4.78. The van der Waals surface area contributed by atoms with E-state index in [1.165, 1.54) is 21.1 Å². The maximum Gasteiger partial charge on any atom is 0.246 e. The number of carbonyl (C=O) groups is 4. The molecule has 1 aromatic heterocycles.